The lowest BCUT2D eigenvalue weighted by atomic mass is 9.49. The Labute approximate surface area is 130 Å². The van der Waals surface area contributed by atoms with E-state index >= 15 is 0 Å². The maximum absolute atomic E-state index is 9.99. The van der Waals surface area contributed by atoms with Gasteiger partial charge in [-0.3, -0.25) is 0 Å². The Kier molecular flexibility index (Phi) is 3.84. The zero-order valence-corrected chi connectivity index (χ0v) is 14.3. The lowest BCUT2D eigenvalue weighted by Gasteiger charge is -2.56. The fourth-order valence-electron chi connectivity index (χ4n) is 5.64. The minimum Gasteiger partial charge on any atom is -0.396 e. The predicted octanol–water partition coefficient (Wildman–Crippen LogP) is 5.26. The molecule has 0 aromatic carbocycles. The smallest absolute Gasteiger partial charge is 0.0487 e. The maximum Gasteiger partial charge on any atom is 0.0487 e. The van der Waals surface area contributed by atoms with E-state index in [0.717, 1.165) is 0 Å². The number of rotatable bonds is 2. The van der Waals surface area contributed by atoms with E-state index in [2.05, 4.69) is 33.8 Å². The highest BCUT2D eigenvalue weighted by Gasteiger charge is 2.52. The third-order valence-electron chi connectivity index (χ3n) is 6.96. The van der Waals surface area contributed by atoms with E-state index in [4.69, 9.17) is 0 Å². The second-order valence-electron chi connectivity index (χ2n) is 8.55. The average molecular weight is 288 g/mol. The highest BCUT2D eigenvalue weighted by Crippen LogP contribution is 2.61. The Hall–Kier alpha value is -0.560. The van der Waals surface area contributed by atoms with Gasteiger partial charge in [0.15, 0.2) is 0 Å². The summed E-state index contributed by atoms with van der Waals surface area (Å²) in [5, 5.41) is 9.99. The number of hydrogen-bond acceptors (Lipinski definition) is 1. The predicted molar refractivity (Wildman–Crippen MR) is 89.1 cm³/mol. The standard InChI is InChI=1S/C20H32O/c1-14(2)15-6-8-17-16(12-15)7-9-18-19(3,13-21)10-5-11-20(17,18)4/h12,14,18,21H,5-11,13H2,1-4H3/t18?,19-,20+/m0/s1. The molecule has 3 aliphatic carbocycles. The van der Waals surface area contributed by atoms with Crippen LogP contribution in [-0.2, 0) is 0 Å². The first-order valence-electron chi connectivity index (χ1n) is 8.94. The third-order valence-corrected chi connectivity index (χ3v) is 6.96. The van der Waals surface area contributed by atoms with Crippen LogP contribution in [0.2, 0.25) is 0 Å². The SMILES string of the molecule is CC(C)C1=CC2=C(CC1)[C@@]1(C)CCC[C@@](C)(CO)C1CC2. The van der Waals surface area contributed by atoms with E-state index in [1.54, 1.807) is 16.7 Å². The van der Waals surface area contributed by atoms with Crippen molar-refractivity contribution in [3.63, 3.8) is 0 Å². The molecule has 1 nitrogen and oxygen atoms in total. The molecule has 0 aromatic rings. The Morgan fingerprint density at radius 3 is 2.62 bits per heavy atom. The molecule has 0 aromatic heterocycles. The normalized spacial score (nSPS) is 39.9. The van der Waals surface area contributed by atoms with Crippen LogP contribution >= 0.6 is 0 Å². The van der Waals surface area contributed by atoms with Crippen LogP contribution < -0.4 is 0 Å². The summed E-state index contributed by atoms with van der Waals surface area (Å²) in [6, 6.07) is 0. The number of aliphatic hydroxyl groups excluding tert-OH is 1. The van der Waals surface area contributed by atoms with E-state index in [0.29, 0.717) is 23.9 Å². The first-order valence-corrected chi connectivity index (χ1v) is 8.94. The number of allylic oxidation sites excluding steroid dienone is 4. The van der Waals surface area contributed by atoms with Crippen LogP contribution in [0.25, 0.3) is 0 Å². The molecule has 0 heterocycles. The van der Waals surface area contributed by atoms with Crippen LogP contribution in [0.15, 0.2) is 22.8 Å². The molecule has 1 heteroatoms. The molecule has 3 aliphatic rings. The van der Waals surface area contributed by atoms with Crippen LogP contribution in [0.1, 0.15) is 72.6 Å². The molecular weight excluding hydrogens is 256 g/mol. The van der Waals surface area contributed by atoms with Crippen molar-refractivity contribution in [2.24, 2.45) is 22.7 Å². The topological polar surface area (TPSA) is 20.2 Å². The van der Waals surface area contributed by atoms with Gasteiger partial charge in [-0.1, -0.05) is 51.3 Å². The minimum atomic E-state index is 0.146. The molecule has 0 amide bonds. The summed E-state index contributed by atoms with van der Waals surface area (Å²) in [7, 11) is 0. The quantitative estimate of drug-likeness (QED) is 0.735. The van der Waals surface area contributed by atoms with Gasteiger partial charge in [0.2, 0.25) is 0 Å². The first kappa shape index (κ1) is 15.3. The molecule has 0 aliphatic heterocycles. The lowest BCUT2D eigenvalue weighted by molar-refractivity contribution is -0.0387. The van der Waals surface area contributed by atoms with E-state index < -0.39 is 0 Å². The molecule has 0 saturated heterocycles. The van der Waals surface area contributed by atoms with Crippen molar-refractivity contribution in [1.29, 1.82) is 0 Å². The molecule has 1 saturated carbocycles. The van der Waals surface area contributed by atoms with Gasteiger partial charge in [0.25, 0.3) is 0 Å². The zero-order valence-electron chi connectivity index (χ0n) is 14.3. The molecular formula is C20H32O. The van der Waals surface area contributed by atoms with Crippen molar-refractivity contribution < 1.29 is 5.11 Å². The molecule has 0 bridgehead atoms. The zero-order chi connectivity index (χ0) is 15.3. The van der Waals surface area contributed by atoms with Gasteiger partial charge in [0.1, 0.15) is 0 Å². The van der Waals surface area contributed by atoms with E-state index in [-0.39, 0.29) is 5.41 Å². The van der Waals surface area contributed by atoms with Crippen molar-refractivity contribution >= 4 is 0 Å². The molecule has 1 fully saturated rings. The largest absolute Gasteiger partial charge is 0.396 e. The molecule has 3 atom stereocenters. The molecule has 0 radical (unpaired) electrons. The van der Waals surface area contributed by atoms with Gasteiger partial charge in [0.05, 0.1) is 0 Å². The maximum atomic E-state index is 9.99. The highest BCUT2D eigenvalue weighted by atomic mass is 16.3. The van der Waals surface area contributed by atoms with Crippen molar-refractivity contribution in [2.75, 3.05) is 6.61 Å². The van der Waals surface area contributed by atoms with E-state index in [9.17, 15) is 5.11 Å². The van der Waals surface area contributed by atoms with E-state index in [1.165, 1.54) is 44.9 Å². The fourth-order valence-corrected chi connectivity index (χ4v) is 5.64. The number of aliphatic hydroxyl groups is 1. The molecule has 0 spiro atoms. The highest BCUT2D eigenvalue weighted by molar-refractivity contribution is 5.40. The summed E-state index contributed by atoms with van der Waals surface area (Å²) in [5.74, 6) is 1.37. The summed E-state index contributed by atoms with van der Waals surface area (Å²) in [6.45, 7) is 9.86. The fraction of sp³-hybridized carbons (Fsp3) is 0.800. The van der Waals surface area contributed by atoms with Gasteiger partial charge >= 0.3 is 0 Å². The number of hydrogen-bond donors (Lipinski definition) is 1. The van der Waals surface area contributed by atoms with Gasteiger partial charge < -0.3 is 5.11 Å². The Bertz CT molecular complexity index is 484. The van der Waals surface area contributed by atoms with Crippen molar-refractivity contribution in [1.82, 2.24) is 0 Å². The van der Waals surface area contributed by atoms with Crippen LogP contribution in [-0.4, -0.2) is 11.7 Å². The molecule has 1 unspecified atom stereocenters. The summed E-state index contributed by atoms with van der Waals surface area (Å²) < 4.78 is 0. The van der Waals surface area contributed by atoms with Crippen LogP contribution in [0.4, 0.5) is 0 Å². The average Bonchev–Trinajstić information content (AvgIpc) is 2.46. The second-order valence-corrected chi connectivity index (χ2v) is 8.55. The van der Waals surface area contributed by atoms with Gasteiger partial charge in [-0.2, -0.15) is 0 Å². The van der Waals surface area contributed by atoms with Crippen LogP contribution in [0, 0.1) is 22.7 Å². The number of fused-ring (bicyclic) bond motifs is 2. The Morgan fingerprint density at radius 2 is 1.95 bits per heavy atom. The second kappa shape index (κ2) is 5.26. The van der Waals surface area contributed by atoms with Gasteiger partial charge in [-0.15, -0.1) is 0 Å². The first-order chi connectivity index (χ1) is 9.90. The van der Waals surface area contributed by atoms with Gasteiger partial charge in [0, 0.05) is 6.61 Å². The minimum absolute atomic E-state index is 0.146. The van der Waals surface area contributed by atoms with Gasteiger partial charge in [-0.25, -0.2) is 0 Å². The van der Waals surface area contributed by atoms with Crippen molar-refractivity contribution in [2.45, 2.75) is 72.6 Å². The lowest BCUT2D eigenvalue weighted by Crippen LogP contribution is -2.48. The third kappa shape index (κ3) is 2.32. The summed E-state index contributed by atoms with van der Waals surface area (Å²) in [5.41, 5.74) is 5.56. The van der Waals surface area contributed by atoms with Crippen LogP contribution in [0.3, 0.4) is 0 Å². The summed E-state index contributed by atoms with van der Waals surface area (Å²) >= 11 is 0. The summed E-state index contributed by atoms with van der Waals surface area (Å²) in [6.07, 6.45) is 11.4. The molecule has 118 valence electrons. The van der Waals surface area contributed by atoms with Crippen molar-refractivity contribution in [3.8, 4) is 0 Å². The van der Waals surface area contributed by atoms with E-state index in [1.807, 2.05) is 0 Å². The molecule has 3 rings (SSSR count). The van der Waals surface area contributed by atoms with Gasteiger partial charge in [-0.05, 0) is 66.8 Å². The molecule has 21 heavy (non-hydrogen) atoms. The van der Waals surface area contributed by atoms with Crippen molar-refractivity contribution in [3.05, 3.63) is 22.8 Å². The Morgan fingerprint density at radius 1 is 1.19 bits per heavy atom. The van der Waals surface area contributed by atoms with Crippen LogP contribution in [0.5, 0.6) is 0 Å². The monoisotopic (exact) mass is 288 g/mol. The molecule has 1 N–H and O–H groups in total. The summed E-state index contributed by atoms with van der Waals surface area (Å²) in [4.78, 5) is 0. The Balaban J connectivity index is 2.00.